The first kappa shape index (κ1) is 18.0. The van der Waals surface area contributed by atoms with Gasteiger partial charge in [0.1, 0.15) is 11.6 Å². The number of pyridine rings is 1. The average molecular weight is 351 g/mol. The number of para-hydroxylation sites is 1. The number of hydrogen-bond acceptors (Lipinski definition) is 4. The van der Waals surface area contributed by atoms with E-state index in [2.05, 4.69) is 21.7 Å². The molecule has 0 spiro atoms. The van der Waals surface area contributed by atoms with Crippen LogP contribution in [0.5, 0.6) is 5.75 Å². The normalized spacial score (nSPS) is 13.6. The van der Waals surface area contributed by atoms with E-state index in [4.69, 9.17) is 4.74 Å². The Hall–Kier alpha value is -2.82. The minimum Gasteiger partial charge on any atom is -0.484 e. The van der Waals surface area contributed by atoms with Gasteiger partial charge < -0.3 is 15.4 Å². The van der Waals surface area contributed by atoms with Crippen molar-refractivity contribution in [3.63, 3.8) is 0 Å². The van der Waals surface area contributed by atoms with Gasteiger partial charge in [0.2, 0.25) is 0 Å². The molecule has 5 nitrogen and oxygen atoms in total. The lowest BCUT2D eigenvalue weighted by Crippen LogP contribution is -2.20. The van der Waals surface area contributed by atoms with Crippen molar-refractivity contribution in [1.82, 2.24) is 4.98 Å². The molecule has 0 atom stereocenters. The summed E-state index contributed by atoms with van der Waals surface area (Å²) in [7, 11) is 0. The van der Waals surface area contributed by atoms with Crippen LogP contribution in [0.4, 0.5) is 11.5 Å². The van der Waals surface area contributed by atoms with Crippen molar-refractivity contribution in [2.45, 2.75) is 32.1 Å². The predicted octanol–water partition coefficient (Wildman–Crippen LogP) is 4.40. The molecular weight excluding hydrogens is 326 g/mol. The van der Waals surface area contributed by atoms with Crippen LogP contribution in [-0.2, 0) is 4.79 Å². The van der Waals surface area contributed by atoms with E-state index in [1.54, 1.807) is 11.8 Å². The number of benzene rings is 1. The number of aromatic nitrogens is 1. The third-order valence-corrected chi connectivity index (χ3v) is 4.30. The summed E-state index contributed by atoms with van der Waals surface area (Å²) < 4.78 is 5.42. The average Bonchev–Trinajstić information content (AvgIpc) is 2.69. The summed E-state index contributed by atoms with van der Waals surface area (Å²) in [5, 5.41) is 6.11. The minimum atomic E-state index is -0.208. The van der Waals surface area contributed by atoms with Gasteiger partial charge in [-0.3, -0.25) is 4.79 Å². The monoisotopic (exact) mass is 351 g/mol. The lowest BCUT2D eigenvalue weighted by atomic mass is 9.97. The van der Waals surface area contributed by atoms with E-state index in [1.807, 2.05) is 42.5 Å². The fourth-order valence-corrected chi connectivity index (χ4v) is 2.92. The molecule has 0 bridgehead atoms. The van der Waals surface area contributed by atoms with Crippen molar-refractivity contribution in [2.75, 3.05) is 23.8 Å². The maximum absolute atomic E-state index is 11.9. The van der Waals surface area contributed by atoms with E-state index in [0.717, 1.165) is 18.8 Å². The van der Waals surface area contributed by atoms with Gasteiger partial charge >= 0.3 is 0 Å². The van der Waals surface area contributed by atoms with E-state index in [9.17, 15) is 4.79 Å². The standard InChI is InChI=1S/C21H25N3O2/c25-21(16-26-19-9-5-2-6-10-19)24-18-11-12-20(23-15-18)22-14-13-17-7-3-1-4-8-17/h2,5-7,9-12,15H,1,3-4,8,13-14,16H2,(H,22,23)(H,24,25). The number of rotatable bonds is 8. The molecule has 0 saturated heterocycles. The summed E-state index contributed by atoms with van der Waals surface area (Å²) in [6.07, 6.45) is 10.2. The van der Waals surface area contributed by atoms with E-state index < -0.39 is 0 Å². The number of nitrogens with zero attached hydrogens (tertiary/aromatic N) is 1. The van der Waals surface area contributed by atoms with E-state index in [0.29, 0.717) is 11.4 Å². The summed E-state index contributed by atoms with van der Waals surface area (Å²) in [4.78, 5) is 16.3. The van der Waals surface area contributed by atoms with Gasteiger partial charge in [0.25, 0.3) is 5.91 Å². The maximum Gasteiger partial charge on any atom is 0.262 e. The largest absolute Gasteiger partial charge is 0.484 e. The SMILES string of the molecule is O=C(COc1ccccc1)Nc1ccc(NCCC2=CCCCC2)nc1. The molecule has 1 aromatic carbocycles. The molecule has 1 amide bonds. The number of nitrogens with one attached hydrogen (secondary N) is 2. The first-order valence-corrected chi connectivity index (χ1v) is 9.15. The Bertz CT molecular complexity index is 727. The fourth-order valence-electron chi connectivity index (χ4n) is 2.92. The van der Waals surface area contributed by atoms with Crippen LogP contribution >= 0.6 is 0 Å². The predicted molar refractivity (Wildman–Crippen MR) is 104 cm³/mol. The Morgan fingerprint density at radius 1 is 1.12 bits per heavy atom. The van der Waals surface area contributed by atoms with Gasteiger partial charge in [0, 0.05) is 6.54 Å². The lowest BCUT2D eigenvalue weighted by molar-refractivity contribution is -0.118. The highest BCUT2D eigenvalue weighted by Crippen LogP contribution is 2.20. The van der Waals surface area contributed by atoms with Crippen molar-refractivity contribution >= 4 is 17.4 Å². The molecule has 0 fully saturated rings. The number of carbonyl (C=O) groups excluding carboxylic acids is 1. The molecule has 26 heavy (non-hydrogen) atoms. The number of anilines is 2. The molecule has 1 aromatic heterocycles. The second kappa shape index (κ2) is 9.61. The Morgan fingerprint density at radius 2 is 2.00 bits per heavy atom. The quantitative estimate of drug-likeness (QED) is 0.692. The molecular formula is C21H25N3O2. The summed E-state index contributed by atoms with van der Waals surface area (Å²) >= 11 is 0. The van der Waals surface area contributed by atoms with Gasteiger partial charge in [0.15, 0.2) is 6.61 Å². The molecule has 136 valence electrons. The highest BCUT2D eigenvalue weighted by Gasteiger charge is 2.05. The smallest absolute Gasteiger partial charge is 0.262 e. The molecule has 1 aliphatic carbocycles. The van der Waals surface area contributed by atoms with Crippen LogP contribution < -0.4 is 15.4 Å². The highest BCUT2D eigenvalue weighted by atomic mass is 16.5. The first-order chi connectivity index (χ1) is 12.8. The highest BCUT2D eigenvalue weighted by molar-refractivity contribution is 5.91. The number of amides is 1. The molecule has 2 N–H and O–H groups in total. The Balaban J connectivity index is 1.39. The van der Waals surface area contributed by atoms with Crippen LogP contribution in [0, 0.1) is 0 Å². The Kier molecular flexibility index (Phi) is 6.65. The van der Waals surface area contributed by atoms with Crippen LogP contribution in [0.1, 0.15) is 32.1 Å². The van der Waals surface area contributed by atoms with Crippen LogP contribution in [0.15, 0.2) is 60.3 Å². The van der Waals surface area contributed by atoms with Crippen molar-refractivity contribution in [3.05, 3.63) is 60.3 Å². The van der Waals surface area contributed by atoms with Gasteiger partial charge in [0.05, 0.1) is 11.9 Å². The second-order valence-corrected chi connectivity index (χ2v) is 6.37. The summed E-state index contributed by atoms with van der Waals surface area (Å²) in [5.41, 5.74) is 2.21. The van der Waals surface area contributed by atoms with Gasteiger partial charge in [-0.05, 0) is 56.4 Å². The number of hydrogen-bond donors (Lipinski definition) is 2. The van der Waals surface area contributed by atoms with Gasteiger partial charge in [-0.2, -0.15) is 0 Å². The zero-order valence-corrected chi connectivity index (χ0v) is 14.9. The molecule has 1 heterocycles. The van der Waals surface area contributed by atoms with Crippen LogP contribution in [0.2, 0.25) is 0 Å². The number of carbonyl (C=O) groups is 1. The zero-order chi connectivity index (χ0) is 18.0. The topological polar surface area (TPSA) is 63.2 Å². The summed E-state index contributed by atoms with van der Waals surface area (Å²) in [6, 6.07) is 13.0. The Morgan fingerprint density at radius 3 is 2.73 bits per heavy atom. The van der Waals surface area contributed by atoms with Gasteiger partial charge in [-0.1, -0.05) is 29.8 Å². The molecule has 0 radical (unpaired) electrons. The van der Waals surface area contributed by atoms with E-state index >= 15 is 0 Å². The minimum absolute atomic E-state index is 0.0286. The number of ether oxygens (including phenoxy) is 1. The van der Waals surface area contributed by atoms with Crippen molar-refractivity contribution in [2.24, 2.45) is 0 Å². The first-order valence-electron chi connectivity index (χ1n) is 9.15. The molecule has 0 aliphatic heterocycles. The molecule has 3 rings (SSSR count). The van der Waals surface area contributed by atoms with E-state index in [-0.39, 0.29) is 12.5 Å². The second-order valence-electron chi connectivity index (χ2n) is 6.37. The third-order valence-electron chi connectivity index (χ3n) is 4.30. The van der Waals surface area contributed by atoms with Crippen LogP contribution in [0.3, 0.4) is 0 Å². The molecule has 0 unspecified atom stereocenters. The maximum atomic E-state index is 11.9. The van der Waals surface area contributed by atoms with Crippen molar-refractivity contribution in [1.29, 1.82) is 0 Å². The van der Waals surface area contributed by atoms with Crippen LogP contribution in [-0.4, -0.2) is 24.0 Å². The van der Waals surface area contributed by atoms with Crippen molar-refractivity contribution in [3.8, 4) is 5.75 Å². The number of allylic oxidation sites excluding steroid dienone is 1. The zero-order valence-electron chi connectivity index (χ0n) is 14.9. The van der Waals surface area contributed by atoms with Gasteiger partial charge in [-0.15, -0.1) is 0 Å². The third kappa shape index (κ3) is 5.92. The fraction of sp³-hybridized carbons (Fsp3) is 0.333. The molecule has 1 aliphatic rings. The van der Waals surface area contributed by atoms with Gasteiger partial charge in [-0.25, -0.2) is 4.98 Å². The molecule has 2 aromatic rings. The van der Waals surface area contributed by atoms with Crippen LogP contribution in [0.25, 0.3) is 0 Å². The lowest BCUT2D eigenvalue weighted by Gasteiger charge is -2.13. The summed E-state index contributed by atoms with van der Waals surface area (Å²) in [6.45, 7) is 0.856. The molecule has 0 saturated carbocycles. The summed E-state index contributed by atoms with van der Waals surface area (Å²) in [5.74, 6) is 1.29. The Labute approximate surface area is 154 Å². The van der Waals surface area contributed by atoms with Crippen molar-refractivity contribution < 1.29 is 9.53 Å². The van der Waals surface area contributed by atoms with E-state index in [1.165, 1.54) is 25.7 Å². The molecule has 5 heteroatoms.